The Morgan fingerprint density at radius 1 is 0.600 bits per heavy atom. The van der Waals surface area contributed by atoms with Gasteiger partial charge < -0.3 is 4.42 Å². The van der Waals surface area contributed by atoms with Crippen LogP contribution in [0.2, 0.25) is 0 Å². The average Bonchev–Trinajstić information content (AvgIpc) is 3.61. The summed E-state index contributed by atoms with van der Waals surface area (Å²) < 4.78 is 6.37. The van der Waals surface area contributed by atoms with Crippen LogP contribution < -0.4 is 0 Å². The highest BCUT2D eigenvalue weighted by Crippen LogP contribution is 2.40. The van der Waals surface area contributed by atoms with E-state index in [-0.39, 0.29) is 12.2 Å². The molecule has 0 amide bonds. The van der Waals surface area contributed by atoms with E-state index in [1.54, 1.807) is 0 Å². The van der Waals surface area contributed by atoms with Gasteiger partial charge in [0.15, 0.2) is 0 Å². The molecular formula is C52H48N2O. The van der Waals surface area contributed by atoms with E-state index in [2.05, 4.69) is 191 Å². The second-order valence-electron chi connectivity index (χ2n) is 14.7. The molecule has 0 saturated heterocycles. The Hall–Kier alpha value is -6.03. The molecule has 55 heavy (non-hydrogen) atoms. The van der Waals surface area contributed by atoms with Gasteiger partial charge in [0.25, 0.3) is 0 Å². The Labute approximate surface area is 325 Å². The Balaban J connectivity index is 1.23. The number of para-hydroxylation sites is 1. The van der Waals surface area contributed by atoms with Crippen molar-refractivity contribution in [3.8, 4) is 33.4 Å². The molecule has 2 unspecified atom stereocenters. The lowest BCUT2D eigenvalue weighted by molar-refractivity contribution is 0.147. The van der Waals surface area contributed by atoms with Crippen molar-refractivity contribution in [1.82, 2.24) is 4.90 Å². The lowest BCUT2D eigenvalue weighted by Gasteiger charge is -2.36. The first-order valence-electron chi connectivity index (χ1n) is 19.5. The van der Waals surface area contributed by atoms with Crippen molar-refractivity contribution < 1.29 is 4.42 Å². The second-order valence-corrected chi connectivity index (χ2v) is 14.7. The summed E-state index contributed by atoms with van der Waals surface area (Å²) in [6, 6.07) is 58.8. The smallest absolute Gasteiger partial charge is 0.135 e. The van der Waals surface area contributed by atoms with Gasteiger partial charge in [0, 0.05) is 29.1 Å². The summed E-state index contributed by atoms with van der Waals surface area (Å²) in [5.74, 6) is 0. The molecule has 0 radical (unpaired) electrons. The van der Waals surface area contributed by atoms with Crippen LogP contribution in [0.4, 0.5) is 0 Å². The maximum Gasteiger partial charge on any atom is 0.135 e. The molecule has 8 aromatic rings. The largest absolute Gasteiger partial charge is 0.456 e. The van der Waals surface area contributed by atoms with Gasteiger partial charge in [-0.05, 0) is 120 Å². The average molecular weight is 717 g/mol. The fraction of sp³-hybridized carbons (Fsp3) is 0.173. The fourth-order valence-corrected chi connectivity index (χ4v) is 8.07. The van der Waals surface area contributed by atoms with E-state index in [4.69, 9.17) is 9.41 Å². The zero-order valence-electron chi connectivity index (χ0n) is 32.5. The van der Waals surface area contributed by atoms with Crippen molar-refractivity contribution in [2.24, 2.45) is 4.99 Å². The Morgan fingerprint density at radius 3 is 2.04 bits per heavy atom. The summed E-state index contributed by atoms with van der Waals surface area (Å²) in [6.07, 6.45) is 0.780. The highest BCUT2D eigenvalue weighted by Gasteiger charge is 2.28. The van der Waals surface area contributed by atoms with Crippen LogP contribution in [0.1, 0.15) is 67.2 Å². The molecule has 8 rings (SSSR count). The number of nitrogens with zero attached hydrogens (tertiary/aromatic N) is 2. The van der Waals surface area contributed by atoms with Gasteiger partial charge in [-0.2, -0.15) is 0 Å². The van der Waals surface area contributed by atoms with E-state index in [9.17, 15) is 0 Å². The summed E-state index contributed by atoms with van der Waals surface area (Å²) in [5, 5.41) is 2.30. The zero-order chi connectivity index (χ0) is 37.9. The molecule has 0 N–H and O–H groups in total. The molecule has 0 aliphatic carbocycles. The van der Waals surface area contributed by atoms with Crippen LogP contribution in [0.3, 0.4) is 0 Å². The molecule has 0 spiro atoms. The first-order valence-corrected chi connectivity index (χ1v) is 19.5. The monoisotopic (exact) mass is 716 g/mol. The van der Waals surface area contributed by atoms with Gasteiger partial charge in [0.05, 0.1) is 0 Å². The second kappa shape index (κ2) is 15.8. The van der Waals surface area contributed by atoms with Crippen LogP contribution in [0.15, 0.2) is 173 Å². The fourth-order valence-electron chi connectivity index (χ4n) is 8.07. The van der Waals surface area contributed by atoms with Crippen LogP contribution in [0, 0.1) is 13.8 Å². The summed E-state index contributed by atoms with van der Waals surface area (Å²) in [7, 11) is 0. The van der Waals surface area contributed by atoms with Crippen LogP contribution in [0.5, 0.6) is 0 Å². The van der Waals surface area contributed by atoms with E-state index in [0.29, 0.717) is 0 Å². The molecule has 0 aliphatic rings. The Morgan fingerprint density at radius 2 is 1.25 bits per heavy atom. The molecular weight excluding hydrogens is 669 g/mol. The summed E-state index contributed by atoms with van der Waals surface area (Å²) in [5.41, 5.74) is 16.3. The quantitative estimate of drug-likeness (QED) is 0.125. The predicted molar refractivity (Wildman–Crippen MR) is 233 cm³/mol. The van der Waals surface area contributed by atoms with Gasteiger partial charge in [-0.3, -0.25) is 9.89 Å². The minimum atomic E-state index is -0.215. The third kappa shape index (κ3) is 7.28. The van der Waals surface area contributed by atoms with Crippen molar-refractivity contribution in [2.75, 3.05) is 6.54 Å². The Kier molecular flexibility index (Phi) is 10.3. The lowest BCUT2D eigenvalue weighted by Crippen LogP contribution is -2.32. The molecule has 0 aliphatic heterocycles. The molecule has 0 saturated carbocycles. The van der Waals surface area contributed by atoms with E-state index < -0.39 is 0 Å². The minimum Gasteiger partial charge on any atom is -0.456 e. The van der Waals surface area contributed by atoms with E-state index >= 15 is 0 Å². The van der Waals surface area contributed by atoms with Crippen molar-refractivity contribution in [2.45, 2.75) is 53.2 Å². The van der Waals surface area contributed by atoms with Crippen molar-refractivity contribution in [3.05, 3.63) is 192 Å². The summed E-state index contributed by atoms with van der Waals surface area (Å²) in [6.45, 7) is 12.1. The number of hydrogen-bond donors (Lipinski definition) is 0. The normalized spacial score (nSPS) is 13.1. The topological polar surface area (TPSA) is 28.7 Å². The molecule has 3 heteroatoms. The maximum absolute atomic E-state index is 6.37. The van der Waals surface area contributed by atoms with Crippen LogP contribution in [-0.4, -0.2) is 17.2 Å². The predicted octanol–water partition coefficient (Wildman–Crippen LogP) is 14.2. The molecule has 7 aromatic carbocycles. The van der Waals surface area contributed by atoms with Gasteiger partial charge >= 0.3 is 0 Å². The molecule has 2 atom stereocenters. The number of hydrogen-bond acceptors (Lipinski definition) is 3. The zero-order valence-corrected chi connectivity index (χ0v) is 32.5. The van der Waals surface area contributed by atoms with Crippen LogP contribution in [0.25, 0.3) is 55.3 Å². The SMILES string of the molecule is CCCN(C(C)c1ccc2c(c1)oc1ccccc12)C(N=C(C)c1ccccc1)c1cccc(-c2cc(-c3cccc(-c4ccccc4)c3)ccc2C)c1C. The van der Waals surface area contributed by atoms with Crippen LogP contribution >= 0.6 is 0 Å². The molecule has 1 aromatic heterocycles. The third-order valence-electron chi connectivity index (χ3n) is 11.2. The van der Waals surface area contributed by atoms with Gasteiger partial charge in [-0.15, -0.1) is 0 Å². The summed E-state index contributed by atoms with van der Waals surface area (Å²) >= 11 is 0. The lowest BCUT2D eigenvalue weighted by atomic mass is 9.89. The van der Waals surface area contributed by atoms with Crippen LogP contribution in [-0.2, 0) is 0 Å². The minimum absolute atomic E-state index is 0.0693. The number of aliphatic imine (C=N–C) groups is 1. The number of rotatable bonds is 11. The van der Waals surface area contributed by atoms with Gasteiger partial charge in [-0.25, -0.2) is 0 Å². The molecule has 1 heterocycles. The highest BCUT2D eigenvalue weighted by atomic mass is 16.3. The third-order valence-corrected chi connectivity index (χ3v) is 11.2. The number of aryl methyl sites for hydroxylation is 1. The molecule has 3 nitrogen and oxygen atoms in total. The number of benzene rings is 7. The summed E-state index contributed by atoms with van der Waals surface area (Å²) in [4.78, 5) is 8.19. The molecule has 272 valence electrons. The molecule has 0 fully saturated rings. The standard InChI is InChI=1S/C52H48N2O/c1-6-31-54(38(5)41-29-30-48-47-23-13-14-26-50(47)55-51(48)34-41)52(53-37(4)39-17-9-7-10-18-39)46-25-16-24-45(36(46)3)49-33-44(28-27-35(49)2)43-22-15-21-42(32-43)40-19-11-8-12-20-40/h7-30,32-34,38,52H,6,31H2,1-5H3. The van der Waals surface area contributed by atoms with E-state index in [1.807, 2.05) is 12.1 Å². The van der Waals surface area contributed by atoms with Crippen molar-refractivity contribution >= 4 is 27.7 Å². The first kappa shape index (κ1) is 36.0. The number of furan rings is 1. The van der Waals surface area contributed by atoms with Crippen molar-refractivity contribution in [3.63, 3.8) is 0 Å². The number of fused-ring (bicyclic) bond motifs is 3. The van der Waals surface area contributed by atoms with Gasteiger partial charge in [0.1, 0.15) is 17.3 Å². The Bertz CT molecular complexity index is 2620. The maximum atomic E-state index is 6.37. The van der Waals surface area contributed by atoms with Gasteiger partial charge in [0.2, 0.25) is 0 Å². The van der Waals surface area contributed by atoms with E-state index in [0.717, 1.165) is 46.2 Å². The first-order chi connectivity index (χ1) is 26.9. The van der Waals surface area contributed by atoms with Crippen molar-refractivity contribution in [1.29, 1.82) is 0 Å². The highest BCUT2D eigenvalue weighted by molar-refractivity contribution is 6.05. The molecule has 0 bridgehead atoms. The van der Waals surface area contributed by atoms with Gasteiger partial charge in [-0.1, -0.05) is 146 Å². The van der Waals surface area contributed by atoms with E-state index in [1.165, 1.54) is 55.6 Å².